The van der Waals surface area contributed by atoms with Gasteiger partial charge in [0.2, 0.25) is 0 Å². The second-order valence-electron chi connectivity index (χ2n) is 4.11. The molecule has 1 aromatic carbocycles. The quantitative estimate of drug-likeness (QED) is 0.624. The van der Waals surface area contributed by atoms with Crippen LogP contribution in [-0.2, 0) is 5.41 Å². The minimum atomic E-state index is 0.0348. The summed E-state index contributed by atoms with van der Waals surface area (Å²) in [6.45, 7) is 4.45. The van der Waals surface area contributed by atoms with E-state index < -0.39 is 0 Å². The van der Waals surface area contributed by atoms with Crippen molar-refractivity contribution in [2.75, 3.05) is 0 Å². The van der Waals surface area contributed by atoms with Gasteiger partial charge in [-0.15, -0.1) is 0 Å². The molecule has 3 nitrogen and oxygen atoms in total. The van der Waals surface area contributed by atoms with Gasteiger partial charge in [-0.1, -0.05) is 48.7 Å². The first-order chi connectivity index (χ1) is 7.66. The maximum absolute atomic E-state index is 5.69. The molecule has 0 saturated carbocycles. The van der Waals surface area contributed by atoms with E-state index in [4.69, 9.17) is 5.84 Å². The molecule has 86 valence electrons. The van der Waals surface area contributed by atoms with Crippen molar-refractivity contribution in [3.05, 3.63) is 47.0 Å². The number of nitrogens with two attached hydrogens (primary N) is 1. The van der Waals surface area contributed by atoms with Gasteiger partial charge in [0.05, 0.1) is 0 Å². The number of nitrogens with one attached hydrogen (secondary N) is 1. The summed E-state index contributed by atoms with van der Waals surface area (Å²) in [5.74, 6) is 5.69. The zero-order chi connectivity index (χ0) is 11.6. The smallest absolute Gasteiger partial charge is 0.0312 e. The lowest BCUT2D eigenvalue weighted by molar-refractivity contribution is 0.440. The van der Waals surface area contributed by atoms with Crippen molar-refractivity contribution >= 4 is 11.9 Å². The molecule has 1 atom stereocenters. The van der Waals surface area contributed by atoms with E-state index in [1.54, 1.807) is 11.9 Å². The normalized spacial score (nSPS) is 20.1. The Balaban J connectivity index is 2.33. The number of benzene rings is 1. The molecule has 0 spiro atoms. The SMILES string of the molecule is CCC(C)(C1=CNN(N)S1)c1ccccc1. The number of hydrogen-bond acceptors (Lipinski definition) is 4. The highest BCUT2D eigenvalue weighted by atomic mass is 32.2. The second kappa shape index (κ2) is 4.49. The molecule has 16 heavy (non-hydrogen) atoms. The van der Waals surface area contributed by atoms with Crippen LogP contribution in [0, 0.1) is 0 Å². The van der Waals surface area contributed by atoms with Gasteiger partial charge < -0.3 is 5.43 Å². The number of hydrazine groups is 2. The van der Waals surface area contributed by atoms with E-state index in [1.165, 1.54) is 15.0 Å². The van der Waals surface area contributed by atoms with E-state index in [9.17, 15) is 0 Å². The topological polar surface area (TPSA) is 41.3 Å². The Hall–Kier alpha value is -0.970. The molecule has 0 radical (unpaired) electrons. The molecule has 0 saturated heterocycles. The summed E-state index contributed by atoms with van der Waals surface area (Å²) < 4.78 is 1.53. The van der Waals surface area contributed by atoms with Crippen molar-refractivity contribution in [3.63, 3.8) is 0 Å². The summed E-state index contributed by atoms with van der Waals surface area (Å²) >= 11 is 1.55. The highest BCUT2D eigenvalue weighted by molar-refractivity contribution is 8.01. The van der Waals surface area contributed by atoms with Gasteiger partial charge >= 0.3 is 0 Å². The molecule has 1 heterocycles. The molecular weight excluding hydrogens is 218 g/mol. The molecule has 1 aromatic rings. The van der Waals surface area contributed by atoms with Crippen LogP contribution in [0.15, 0.2) is 41.4 Å². The van der Waals surface area contributed by atoms with Gasteiger partial charge in [0, 0.05) is 16.5 Å². The van der Waals surface area contributed by atoms with Gasteiger partial charge in [0.25, 0.3) is 0 Å². The Morgan fingerprint density at radius 3 is 2.56 bits per heavy atom. The Labute approximate surface area is 101 Å². The van der Waals surface area contributed by atoms with E-state index in [0.29, 0.717) is 0 Å². The lowest BCUT2D eigenvalue weighted by Gasteiger charge is -2.29. The van der Waals surface area contributed by atoms with Crippen molar-refractivity contribution in [2.24, 2.45) is 5.84 Å². The summed E-state index contributed by atoms with van der Waals surface area (Å²) in [5.41, 5.74) is 4.35. The van der Waals surface area contributed by atoms with Gasteiger partial charge in [0.1, 0.15) is 0 Å². The molecule has 4 heteroatoms. The maximum Gasteiger partial charge on any atom is 0.0312 e. The van der Waals surface area contributed by atoms with Crippen molar-refractivity contribution in [3.8, 4) is 0 Å². The van der Waals surface area contributed by atoms with Crippen molar-refractivity contribution in [1.82, 2.24) is 9.95 Å². The molecular formula is C12H17N3S. The zero-order valence-electron chi connectivity index (χ0n) is 9.60. The van der Waals surface area contributed by atoms with Crippen LogP contribution in [0.25, 0.3) is 0 Å². The molecule has 1 aliphatic rings. The first-order valence-corrected chi connectivity index (χ1v) is 6.19. The minimum absolute atomic E-state index is 0.0348. The monoisotopic (exact) mass is 235 g/mol. The van der Waals surface area contributed by atoms with E-state index in [1.807, 2.05) is 12.3 Å². The fraction of sp³-hybridized carbons (Fsp3) is 0.333. The van der Waals surface area contributed by atoms with Gasteiger partial charge in [0.15, 0.2) is 0 Å². The van der Waals surface area contributed by atoms with Crippen molar-refractivity contribution in [1.29, 1.82) is 0 Å². The highest BCUT2D eigenvalue weighted by Crippen LogP contribution is 2.42. The molecule has 1 aliphatic heterocycles. The molecule has 0 fully saturated rings. The number of hydrogen-bond donors (Lipinski definition) is 2. The Bertz CT molecular complexity index is 391. The highest BCUT2D eigenvalue weighted by Gasteiger charge is 2.33. The first-order valence-electron chi connectivity index (χ1n) is 5.42. The fourth-order valence-corrected chi connectivity index (χ4v) is 2.75. The zero-order valence-corrected chi connectivity index (χ0v) is 10.4. The molecule has 2 rings (SSSR count). The number of rotatable bonds is 3. The minimum Gasteiger partial charge on any atom is -0.302 e. The molecule has 0 aliphatic carbocycles. The summed E-state index contributed by atoms with van der Waals surface area (Å²) in [4.78, 5) is 1.25. The maximum atomic E-state index is 5.69. The van der Waals surface area contributed by atoms with Crippen LogP contribution >= 0.6 is 11.9 Å². The summed E-state index contributed by atoms with van der Waals surface area (Å²) in [5, 5.41) is 0. The van der Waals surface area contributed by atoms with Crippen LogP contribution in [0.2, 0.25) is 0 Å². The van der Waals surface area contributed by atoms with Gasteiger partial charge in [-0.05, 0) is 23.9 Å². The Morgan fingerprint density at radius 2 is 2.06 bits per heavy atom. The van der Waals surface area contributed by atoms with Crippen LogP contribution < -0.4 is 11.3 Å². The molecule has 0 amide bonds. The second-order valence-corrected chi connectivity index (χ2v) is 5.12. The third kappa shape index (κ3) is 1.96. The summed E-state index contributed by atoms with van der Waals surface area (Å²) in [6, 6.07) is 10.5. The fourth-order valence-electron chi connectivity index (χ4n) is 1.87. The average molecular weight is 235 g/mol. The molecule has 0 aromatic heterocycles. The van der Waals surface area contributed by atoms with Gasteiger partial charge in [-0.3, -0.25) is 0 Å². The van der Waals surface area contributed by atoms with E-state index in [-0.39, 0.29) is 5.41 Å². The van der Waals surface area contributed by atoms with Gasteiger partial charge in [-0.25, -0.2) is 5.84 Å². The van der Waals surface area contributed by atoms with E-state index >= 15 is 0 Å². The van der Waals surface area contributed by atoms with Crippen LogP contribution in [0.3, 0.4) is 0 Å². The summed E-state index contributed by atoms with van der Waals surface area (Å²) in [7, 11) is 0. The van der Waals surface area contributed by atoms with Crippen LogP contribution in [-0.4, -0.2) is 4.52 Å². The predicted molar refractivity (Wildman–Crippen MR) is 68.9 cm³/mol. The Morgan fingerprint density at radius 1 is 1.38 bits per heavy atom. The lowest BCUT2D eigenvalue weighted by atomic mass is 9.80. The van der Waals surface area contributed by atoms with Crippen LogP contribution in [0.5, 0.6) is 0 Å². The van der Waals surface area contributed by atoms with Crippen molar-refractivity contribution < 1.29 is 0 Å². The summed E-state index contributed by atoms with van der Waals surface area (Å²) in [6.07, 6.45) is 3.03. The van der Waals surface area contributed by atoms with E-state index in [2.05, 4.69) is 43.5 Å². The molecule has 3 N–H and O–H groups in total. The Kier molecular flexibility index (Phi) is 3.23. The standard InChI is InChI=1S/C12H17N3S/c1-3-12(2,10-7-5-4-6-8-10)11-9-14-15(13)16-11/h4-9,14H,3,13H2,1-2H3. The molecule has 0 bridgehead atoms. The van der Waals surface area contributed by atoms with Crippen LogP contribution in [0.1, 0.15) is 25.8 Å². The molecule has 1 unspecified atom stereocenters. The predicted octanol–water partition coefficient (Wildman–Crippen LogP) is 2.54. The first kappa shape index (κ1) is 11.5. The van der Waals surface area contributed by atoms with Crippen LogP contribution in [0.4, 0.5) is 0 Å². The van der Waals surface area contributed by atoms with Crippen molar-refractivity contribution in [2.45, 2.75) is 25.7 Å². The number of allylic oxidation sites excluding steroid dienone is 1. The third-order valence-electron chi connectivity index (χ3n) is 3.18. The lowest BCUT2D eigenvalue weighted by Crippen LogP contribution is -2.30. The third-order valence-corrected chi connectivity index (χ3v) is 4.25. The average Bonchev–Trinajstić information content (AvgIpc) is 2.76. The largest absolute Gasteiger partial charge is 0.302 e. The number of nitrogens with zero attached hydrogens (tertiary/aromatic N) is 1. The van der Waals surface area contributed by atoms with E-state index in [0.717, 1.165) is 6.42 Å². The van der Waals surface area contributed by atoms with Gasteiger partial charge in [-0.2, -0.15) is 0 Å².